The van der Waals surface area contributed by atoms with Gasteiger partial charge in [-0.05, 0) is 47.7 Å². The van der Waals surface area contributed by atoms with Gasteiger partial charge in [0.05, 0.1) is 12.2 Å². The molecule has 34 heavy (non-hydrogen) atoms. The van der Waals surface area contributed by atoms with E-state index in [0.29, 0.717) is 27.8 Å². The minimum Gasteiger partial charge on any atom is -0.506 e. The Morgan fingerprint density at radius 2 is 1.56 bits per heavy atom. The number of hydrogen-bond acceptors (Lipinski definition) is 6. The lowest BCUT2D eigenvalue weighted by molar-refractivity contribution is 0.0223. The molecule has 1 spiro atoms. The number of rotatable bonds is 1. The minimum atomic E-state index is -1.53. The lowest BCUT2D eigenvalue weighted by Gasteiger charge is -2.38. The van der Waals surface area contributed by atoms with Gasteiger partial charge in [0.1, 0.15) is 21.5 Å². The highest BCUT2D eigenvalue weighted by atomic mass is 35.5. The molecule has 2 heterocycles. The lowest BCUT2D eigenvalue weighted by atomic mass is 9.74. The summed E-state index contributed by atoms with van der Waals surface area (Å²) in [5.41, 5.74) is 1.48. The van der Waals surface area contributed by atoms with Crippen LogP contribution in [0.15, 0.2) is 30.3 Å². The number of hydrogen-bond donors (Lipinski definition) is 3. The van der Waals surface area contributed by atoms with Crippen LogP contribution in [0.25, 0.3) is 0 Å². The maximum Gasteiger partial charge on any atom is 0.340 e. The lowest BCUT2D eigenvalue weighted by Crippen LogP contribution is -2.34. The summed E-state index contributed by atoms with van der Waals surface area (Å²) >= 11 is 13.0. The third-order valence-electron chi connectivity index (χ3n) is 6.52. The van der Waals surface area contributed by atoms with E-state index in [4.69, 9.17) is 32.7 Å². The van der Waals surface area contributed by atoms with E-state index in [2.05, 4.69) is 20.8 Å². The van der Waals surface area contributed by atoms with E-state index >= 15 is 0 Å². The number of ether oxygens (including phenoxy) is 2. The van der Waals surface area contributed by atoms with Crippen LogP contribution >= 0.6 is 23.2 Å². The fourth-order valence-corrected chi connectivity index (χ4v) is 5.19. The number of phenolic OH excluding ortho intramolecular Hbond substituents is 1. The Morgan fingerprint density at radius 1 is 0.941 bits per heavy atom. The zero-order valence-electron chi connectivity index (χ0n) is 18.9. The van der Waals surface area contributed by atoms with Crippen LogP contribution in [0.3, 0.4) is 0 Å². The van der Waals surface area contributed by atoms with Crippen LogP contribution in [0.4, 0.5) is 0 Å². The Labute approximate surface area is 206 Å². The number of carbonyl (C=O) groups excluding carboxylic acids is 1. The molecule has 0 bridgehead atoms. The van der Waals surface area contributed by atoms with E-state index in [-0.39, 0.29) is 44.0 Å². The summed E-state index contributed by atoms with van der Waals surface area (Å²) in [7, 11) is 0. The summed E-state index contributed by atoms with van der Waals surface area (Å²) in [6, 6.07) is 8.70. The molecule has 0 saturated heterocycles. The summed E-state index contributed by atoms with van der Waals surface area (Å²) in [5, 5.41) is 30.7. The first-order chi connectivity index (χ1) is 15.9. The number of benzene rings is 3. The Morgan fingerprint density at radius 3 is 2.18 bits per heavy atom. The number of carbonyl (C=O) groups is 1. The number of aryl methyl sites for hydroxylation is 1. The molecule has 3 aromatic carbocycles. The molecule has 0 fully saturated rings. The molecular formula is C26H22Cl2O6. The van der Waals surface area contributed by atoms with Crippen molar-refractivity contribution in [1.82, 2.24) is 0 Å². The number of esters is 1. The second kappa shape index (κ2) is 7.28. The van der Waals surface area contributed by atoms with Crippen LogP contribution in [0.5, 0.6) is 23.0 Å². The van der Waals surface area contributed by atoms with Crippen molar-refractivity contribution < 1.29 is 29.6 Å². The number of aliphatic hydroxyl groups excluding tert-OH is 1. The van der Waals surface area contributed by atoms with Gasteiger partial charge in [-0.2, -0.15) is 0 Å². The van der Waals surface area contributed by atoms with Crippen LogP contribution in [0, 0.1) is 6.92 Å². The quantitative estimate of drug-likeness (QED) is 0.351. The SMILES string of the molecule is Cc1cc2c(c(Cl)c1O)Oc1c(cc(CO)c(O)c1Cl)C21OC(=O)c2ccc(C(C)(C)C)cc21. The van der Waals surface area contributed by atoms with E-state index in [1.165, 1.54) is 6.07 Å². The summed E-state index contributed by atoms with van der Waals surface area (Å²) in [6.07, 6.45) is 0. The van der Waals surface area contributed by atoms with E-state index in [1.54, 1.807) is 19.1 Å². The predicted molar refractivity (Wildman–Crippen MR) is 127 cm³/mol. The average Bonchev–Trinajstić information content (AvgIpc) is 3.08. The Balaban J connectivity index is 1.97. The molecular weight excluding hydrogens is 479 g/mol. The molecule has 1 unspecified atom stereocenters. The van der Waals surface area contributed by atoms with Gasteiger partial charge in [-0.25, -0.2) is 4.79 Å². The average molecular weight is 501 g/mol. The van der Waals surface area contributed by atoms with Gasteiger partial charge in [0, 0.05) is 22.3 Å². The smallest absolute Gasteiger partial charge is 0.340 e. The molecule has 0 aliphatic carbocycles. The molecule has 0 radical (unpaired) electrons. The Bertz CT molecular complexity index is 1410. The van der Waals surface area contributed by atoms with Gasteiger partial charge >= 0.3 is 5.97 Å². The van der Waals surface area contributed by atoms with Crippen LogP contribution < -0.4 is 4.74 Å². The summed E-state index contributed by atoms with van der Waals surface area (Å²) in [5.74, 6) is -1.000. The Hall–Kier alpha value is -2.93. The second-order valence-corrected chi connectivity index (χ2v) is 10.4. The molecule has 0 amide bonds. The van der Waals surface area contributed by atoms with Crippen LogP contribution in [0.1, 0.15) is 64.5 Å². The standard InChI is InChI=1S/C26H22Cl2O6/c1-11-7-16-22(18(27)20(11)30)33-23-17(8-12(10-29)21(31)19(23)28)26(16)15-9-13(25(2,3)4)5-6-14(15)24(32)34-26/h5-9,29-31H,10H2,1-4H3. The van der Waals surface area contributed by atoms with E-state index < -0.39 is 18.2 Å². The molecule has 0 aromatic heterocycles. The zero-order valence-corrected chi connectivity index (χ0v) is 20.4. The zero-order chi connectivity index (χ0) is 24.7. The van der Waals surface area contributed by atoms with Crippen molar-refractivity contribution in [3.63, 3.8) is 0 Å². The highest BCUT2D eigenvalue weighted by Gasteiger charge is 2.55. The van der Waals surface area contributed by atoms with Crippen molar-refractivity contribution >= 4 is 29.2 Å². The molecule has 3 aromatic rings. The number of phenols is 2. The van der Waals surface area contributed by atoms with Crippen molar-refractivity contribution in [2.24, 2.45) is 0 Å². The number of aliphatic hydroxyl groups is 1. The van der Waals surface area contributed by atoms with Crippen LogP contribution in [0.2, 0.25) is 10.0 Å². The first-order valence-electron chi connectivity index (χ1n) is 10.7. The van der Waals surface area contributed by atoms with Gasteiger partial charge in [0.2, 0.25) is 0 Å². The number of halogens is 2. The Kier molecular flexibility index (Phi) is 4.89. The summed E-state index contributed by atoms with van der Waals surface area (Å²) < 4.78 is 12.2. The molecule has 6 nitrogen and oxygen atoms in total. The maximum atomic E-state index is 13.2. The molecule has 1 atom stereocenters. The number of fused-ring (bicyclic) bond motifs is 6. The molecule has 176 valence electrons. The molecule has 5 rings (SSSR count). The van der Waals surface area contributed by atoms with Crippen molar-refractivity contribution in [1.29, 1.82) is 0 Å². The van der Waals surface area contributed by atoms with Crippen molar-refractivity contribution in [3.8, 4) is 23.0 Å². The van der Waals surface area contributed by atoms with Crippen molar-refractivity contribution in [2.45, 2.75) is 45.3 Å². The van der Waals surface area contributed by atoms with Crippen LogP contribution in [-0.4, -0.2) is 21.3 Å². The van der Waals surface area contributed by atoms with Gasteiger partial charge < -0.3 is 24.8 Å². The largest absolute Gasteiger partial charge is 0.506 e. The minimum absolute atomic E-state index is 0.0239. The molecule has 8 heteroatoms. The summed E-state index contributed by atoms with van der Waals surface area (Å²) in [6.45, 7) is 7.35. The predicted octanol–water partition coefficient (Wildman–Crippen LogP) is 6.07. The van der Waals surface area contributed by atoms with E-state index in [1.807, 2.05) is 12.1 Å². The van der Waals surface area contributed by atoms with Gasteiger partial charge in [0.25, 0.3) is 0 Å². The van der Waals surface area contributed by atoms with Crippen LogP contribution in [-0.2, 0) is 22.4 Å². The molecule has 2 aliphatic rings. The van der Waals surface area contributed by atoms with Gasteiger partial charge in [0.15, 0.2) is 17.1 Å². The van der Waals surface area contributed by atoms with E-state index in [9.17, 15) is 20.1 Å². The van der Waals surface area contributed by atoms with Gasteiger partial charge in [-0.1, -0.05) is 50.0 Å². The molecule has 0 saturated carbocycles. The highest BCUT2D eigenvalue weighted by Crippen LogP contribution is 2.61. The van der Waals surface area contributed by atoms with Crippen molar-refractivity contribution in [3.05, 3.63) is 79.3 Å². The number of aromatic hydroxyl groups is 2. The first-order valence-corrected chi connectivity index (χ1v) is 11.4. The third-order valence-corrected chi connectivity index (χ3v) is 7.23. The maximum absolute atomic E-state index is 13.2. The normalized spacial score (nSPS) is 18.3. The van der Waals surface area contributed by atoms with Crippen molar-refractivity contribution in [2.75, 3.05) is 0 Å². The van der Waals surface area contributed by atoms with E-state index in [0.717, 1.165) is 5.56 Å². The highest BCUT2D eigenvalue weighted by molar-refractivity contribution is 6.35. The fraction of sp³-hybridized carbons (Fsp3) is 0.269. The molecule has 2 aliphatic heterocycles. The topological polar surface area (TPSA) is 96.2 Å². The molecule has 3 N–H and O–H groups in total. The second-order valence-electron chi connectivity index (χ2n) is 9.65. The fourth-order valence-electron chi connectivity index (χ4n) is 4.64. The summed E-state index contributed by atoms with van der Waals surface area (Å²) in [4.78, 5) is 13.2. The monoisotopic (exact) mass is 500 g/mol. The van der Waals surface area contributed by atoms with Gasteiger partial charge in [-0.3, -0.25) is 0 Å². The third kappa shape index (κ3) is 2.89. The first kappa shape index (κ1) is 22.8. The van der Waals surface area contributed by atoms with Gasteiger partial charge in [-0.15, -0.1) is 0 Å².